The van der Waals surface area contributed by atoms with Crippen LogP contribution in [0.25, 0.3) is 11.1 Å². The average molecular weight is 284 g/mol. The second-order valence-electron chi connectivity index (χ2n) is 3.99. The molecule has 0 unspecified atom stereocenters. The van der Waals surface area contributed by atoms with Crippen molar-refractivity contribution in [1.82, 2.24) is 0 Å². The summed E-state index contributed by atoms with van der Waals surface area (Å²) in [5, 5.41) is 0.891. The van der Waals surface area contributed by atoms with E-state index in [0.29, 0.717) is 28.6 Å². The Bertz CT molecular complexity index is 570. The van der Waals surface area contributed by atoms with Gasteiger partial charge in [-0.15, -0.1) is 0 Å². The maximum absolute atomic E-state index is 13.6. The largest absolute Gasteiger partial charge is 0.330 e. The molecule has 94 valence electrons. The number of hydrogen-bond donors (Lipinski definition) is 1. The minimum Gasteiger partial charge on any atom is -0.330 e. The fourth-order valence-corrected chi connectivity index (χ4v) is 2.25. The number of rotatable bonds is 3. The first-order valence-corrected chi connectivity index (χ1v) is 6.31. The van der Waals surface area contributed by atoms with Gasteiger partial charge in [0.05, 0.1) is 10.0 Å². The molecule has 2 aromatic carbocycles. The van der Waals surface area contributed by atoms with Crippen LogP contribution in [-0.4, -0.2) is 6.54 Å². The van der Waals surface area contributed by atoms with Gasteiger partial charge < -0.3 is 5.73 Å². The van der Waals surface area contributed by atoms with Gasteiger partial charge in [0, 0.05) is 5.56 Å². The van der Waals surface area contributed by atoms with Crippen LogP contribution in [-0.2, 0) is 6.42 Å². The smallest absolute Gasteiger partial charge is 0.124 e. The number of benzene rings is 2. The first-order chi connectivity index (χ1) is 8.61. The van der Waals surface area contributed by atoms with Crippen LogP contribution in [0.1, 0.15) is 5.56 Å². The summed E-state index contributed by atoms with van der Waals surface area (Å²) in [7, 11) is 0. The molecule has 0 aliphatic rings. The molecular formula is C14H12Cl2FN. The van der Waals surface area contributed by atoms with E-state index in [1.54, 1.807) is 12.1 Å². The van der Waals surface area contributed by atoms with E-state index in [0.717, 1.165) is 11.1 Å². The predicted molar refractivity (Wildman–Crippen MR) is 74.6 cm³/mol. The fourth-order valence-electron chi connectivity index (χ4n) is 1.84. The lowest BCUT2D eigenvalue weighted by molar-refractivity contribution is 0.626. The minimum absolute atomic E-state index is 0.299. The molecule has 0 aliphatic heterocycles. The Balaban J connectivity index is 2.53. The van der Waals surface area contributed by atoms with Crippen molar-refractivity contribution in [3.05, 3.63) is 57.8 Å². The van der Waals surface area contributed by atoms with Gasteiger partial charge in [0.25, 0.3) is 0 Å². The summed E-state index contributed by atoms with van der Waals surface area (Å²) in [4.78, 5) is 0. The molecule has 0 bridgehead atoms. The van der Waals surface area contributed by atoms with Crippen LogP contribution in [0, 0.1) is 5.82 Å². The quantitative estimate of drug-likeness (QED) is 0.893. The van der Waals surface area contributed by atoms with Crippen molar-refractivity contribution in [2.24, 2.45) is 5.73 Å². The van der Waals surface area contributed by atoms with Gasteiger partial charge in [-0.3, -0.25) is 0 Å². The van der Waals surface area contributed by atoms with Crippen molar-refractivity contribution in [2.45, 2.75) is 6.42 Å². The molecule has 2 N–H and O–H groups in total. The Kier molecular flexibility index (Phi) is 4.23. The highest BCUT2D eigenvalue weighted by Gasteiger charge is 2.09. The highest BCUT2D eigenvalue weighted by molar-refractivity contribution is 6.43. The van der Waals surface area contributed by atoms with E-state index in [2.05, 4.69) is 0 Å². The monoisotopic (exact) mass is 283 g/mol. The maximum Gasteiger partial charge on any atom is 0.124 e. The molecular weight excluding hydrogens is 272 g/mol. The molecule has 2 rings (SSSR count). The third-order valence-corrected chi connectivity index (χ3v) is 3.47. The molecule has 0 saturated carbocycles. The van der Waals surface area contributed by atoms with Crippen molar-refractivity contribution in [1.29, 1.82) is 0 Å². The van der Waals surface area contributed by atoms with Gasteiger partial charge in [-0.25, -0.2) is 4.39 Å². The van der Waals surface area contributed by atoms with E-state index < -0.39 is 0 Å². The topological polar surface area (TPSA) is 26.0 Å². The molecule has 1 nitrogen and oxygen atoms in total. The normalized spacial score (nSPS) is 10.7. The van der Waals surface area contributed by atoms with E-state index in [1.165, 1.54) is 12.1 Å². The molecule has 0 spiro atoms. The SMILES string of the molecule is NCCc1cc(F)cc(-c2cccc(Cl)c2Cl)c1. The highest BCUT2D eigenvalue weighted by atomic mass is 35.5. The van der Waals surface area contributed by atoms with E-state index in [4.69, 9.17) is 28.9 Å². The zero-order chi connectivity index (χ0) is 13.1. The minimum atomic E-state index is -0.299. The van der Waals surface area contributed by atoms with Gasteiger partial charge in [0.15, 0.2) is 0 Å². The Morgan fingerprint density at radius 1 is 1.11 bits per heavy atom. The van der Waals surface area contributed by atoms with Gasteiger partial charge >= 0.3 is 0 Å². The molecule has 2 aromatic rings. The average Bonchev–Trinajstić information content (AvgIpc) is 2.32. The van der Waals surface area contributed by atoms with Crippen LogP contribution in [0.15, 0.2) is 36.4 Å². The summed E-state index contributed by atoms with van der Waals surface area (Å²) in [6.45, 7) is 0.478. The second-order valence-corrected chi connectivity index (χ2v) is 4.77. The van der Waals surface area contributed by atoms with Crippen LogP contribution in [0.4, 0.5) is 4.39 Å². The van der Waals surface area contributed by atoms with Crippen molar-refractivity contribution in [3.63, 3.8) is 0 Å². The third kappa shape index (κ3) is 2.83. The Hall–Kier alpha value is -1.09. The first-order valence-electron chi connectivity index (χ1n) is 5.55. The Morgan fingerprint density at radius 3 is 2.61 bits per heavy atom. The fraction of sp³-hybridized carbons (Fsp3) is 0.143. The van der Waals surface area contributed by atoms with Crippen LogP contribution >= 0.6 is 23.2 Å². The molecule has 0 aromatic heterocycles. The zero-order valence-electron chi connectivity index (χ0n) is 9.59. The molecule has 0 fully saturated rings. The van der Waals surface area contributed by atoms with E-state index in [9.17, 15) is 4.39 Å². The third-order valence-electron chi connectivity index (χ3n) is 2.65. The summed E-state index contributed by atoms with van der Waals surface area (Å²) in [6.07, 6.45) is 0.628. The molecule has 0 radical (unpaired) electrons. The van der Waals surface area contributed by atoms with Crippen molar-refractivity contribution in [2.75, 3.05) is 6.54 Å². The van der Waals surface area contributed by atoms with Gasteiger partial charge in [-0.2, -0.15) is 0 Å². The number of hydrogen-bond acceptors (Lipinski definition) is 1. The lowest BCUT2D eigenvalue weighted by atomic mass is 10.0. The number of halogens is 3. The summed E-state index contributed by atoms with van der Waals surface area (Å²) < 4.78 is 13.6. The van der Waals surface area contributed by atoms with Gasteiger partial charge in [0.2, 0.25) is 0 Å². The predicted octanol–water partition coefficient (Wildman–Crippen LogP) is 4.30. The summed E-state index contributed by atoms with van der Waals surface area (Å²) in [6, 6.07) is 10.1. The molecule has 0 saturated heterocycles. The highest BCUT2D eigenvalue weighted by Crippen LogP contribution is 2.34. The lowest BCUT2D eigenvalue weighted by Gasteiger charge is -2.08. The van der Waals surface area contributed by atoms with E-state index in [1.807, 2.05) is 12.1 Å². The maximum atomic E-state index is 13.6. The second kappa shape index (κ2) is 5.70. The summed E-state index contributed by atoms with van der Waals surface area (Å²) in [5.41, 5.74) is 7.77. The summed E-state index contributed by atoms with van der Waals surface area (Å²) >= 11 is 12.1. The molecule has 0 aliphatic carbocycles. The van der Waals surface area contributed by atoms with Crippen LogP contribution in [0.3, 0.4) is 0 Å². The summed E-state index contributed by atoms with van der Waals surface area (Å²) in [5.74, 6) is -0.299. The van der Waals surface area contributed by atoms with Gasteiger partial charge in [-0.05, 0) is 42.3 Å². The molecule has 0 atom stereocenters. The van der Waals surface area contributed by atoms with Crippen LogP contribution in [0.2, 0.25) is 10.0 Å². The van der Waals surface area contributed by atoms with E-state index in [-0.39, 0.29) is 5.82 Å². The molecule has 18 heavy (non-hydrogen) atoms. The van der Waals surface area contributed by atoms with Gasteiger partial charge in [-0.1, -0.05) is 41.4 Å². The van der Waals surface area contributed by atoms with Crippen molar-refractivity contribution in [3.8, 4) is 11.1 Å². The molecule has 0 heterocycles. The van der Waals surface area contributed by atoms with Crippen molar-refractivity contribution >= 4 is 23.2 Å². The van der Waals surface area contributed by atoms with E-state index >= 15 is 0 Å². The van der Waals surface area contributed by atoms with Crippen LogP contribution in [0.5, 0.6) is 0 Å². The van der Waals surface area contributed by atoms with Gasteiger partial charge in [0.1, 0.15) is 5.82 Å². The Morgan fingerprint density at radius 2 is 1.89 bits per heavy atom. The van der Waals surface area contributed by atoms with Crippen LogP contribution < -0.4 is 5.73 Å². The Labute approximate surface area is 115 Å². The molecule has 0 amide bonds. The standard InChI is InChI=1S/C14H12Cl2FN/c15-13-3-1-2-12(14(13)16)10-6-9(4-5-18)7-11(17)8-10/h1-3,6-8H,4-5,18H2. The first kappa shape index (κ1) is 13.3. The molecule has 4 heteroatoms. The zero-order valence-corrected chi connectivity index (χ0v) is 11.1. The number of nitrogens with two attached hydrogens (primary N) is 1. The lowest BCUT2D eigenvalue weighted by Crippen LogP contribution is -2.03. The van der Waals surface area contributed by atoms with Crippen molar-refractivity contribution < 1.29 is 4.39 Å².